The van der Waals surface area contributed by atoms with Crippen LogP contribution in [-0.2, 0) is 33.8 Å². The third-order valence-corrected chi connectivity index (χ3v) is 4.93. The van der Waals surface area contributed by atoms with Gasteiger partial charge in [-0.25, -0.2) is 0 Å². The molecule has 0 bridgehead atoms. The lowest BCUT2D eigenvalue weighted by Crippen LogP contribution is -2.28. The van der Waals surface area contributed by atoms with Gasteiger partial charge in [-0.2, -0.15) is 5.10 Å². The van der Waals surface area contributed by atoms with Crippen LogP contribution < -0.4 is 5.32 Å². The van der Waals surface area contributed by atoms with Crippen molar-refractivity contribution < 1.29 is 14.3 Å². The highest BCUT2D eigenvalue weighted by Crippen LogP contribution is 2.16. The summed E-state index contributed by atoms with van der Waals surface area (Å²) in [7, 11) is 0. The van der Waals surface area contributed by atoms with Gasteiger partial charge in [0.15, 0.2) is 6.61 Å². The fraction of sp³-hybridized carbons (Fsp3) is 0.526. The molecule has 2 aromatic heterocycles. The molecule has 7 heteroatoms. The van der Waals surface area contributed by atoms with Crippen LogP contribution in [0.25, 0.3) is 0 Å². The van der Waals surface area contributed by atoms with Gasteiger partial charge in [0.25, 0.3) is 5.91 Å². The number of amides is 1. The first kappa shape index (κ1) is 20.2. The van der Waals surface area contributed by atoms with Gasteiger partial charge in [0.2, 0.25) is 0 Å². The molecule has 0 spiro atoms. The van der Waals surface area contributed by atoms with Crippen molar-refractivity contribution in [2.75, 3.05) is 6.61 Å². The Morgan fingerprint density at radius 3 is 2.77 bits per heavy atom. The van der Waals surface area contributed by atoms with Gasteiger partial charge in [0, 0.05) is 23.5 Å². The number of esters is 1. The number of aromatic nitrogens is 2. The van der Waals surface area contributed by atoms with Gasteiger partial charge in [-0.15, -0.1) is 11.3 Å². The molecule has 0 unspecified atom stereocenters. The Labute approximate surface area is 158 Å². The first-order valence-corrected chi connectivity index (χ1v) is 9.72. The molecule has 0 aliphatic heterocycles. The molecule has 142 valence electrons. The summed E-state index contributed by atoms with van der Waals surface area (Å²) in [4.78, 5) is 24.7. The monoisotopic (exact) mass is 377 g/mol. The van der Waals surface area contributed by atoms with Crippen molar-refractivity contribution in [1.29, 1.82) is 0 Å². The van der Waals surface area contributed by atoms with Gasteiger partial charge in [0.05, 0.1) is 12.2 Å². The highest BCUT2D eigenvalue weighted by molar-refractivity contribution is 7.09. The molecule has 1 amide bonds. The minimum Gasteiger partial charge on any atom is -0.456 e. The molecule has 0 aromatic carbocycles. The minimum atomic E-state index is -0.369. The summed E-state index contributed by atoms with van der Waals surface area (Å²) in [6.07, 6.45) is 0.818. The Bertz CT molecular complexity index is 736. The van der Waals surface area contributed by atoms with Crippen molar-refractivity contribution in [2.45, 2.75) is 53.6 Å². The van der Waals surface area contributed by atoms with E-state index >= 15 is 0 Å². The highest BCUT2D eigenvalue weighted by Gasteiger charge is 2.15. The van der Waals surface area contributed by atoms with E-state index in [9.17, 15) is 9.59 Å². The van der Waals surface area contributed by atoms with E-state index in [4.69, 9.17) is 4.74 Å². The number of hydrogen-bond donors (Lipinski definition) is 1. The van der Waals surface area contributed by atoms with E-state index in [-0.39, 0.29) is 24.9 Å². The van der Waals surface area contributed by atoms with Crippen molar-refractivity contribution in [3.05, 3.63) is 39.3 Å². The standard InChI is InChI=1S/C19H27N3O3S/c1-13(2)11-22-15(4)17(14(3)21-22)7-8-19(24)25-12-18(23)20-10-16-6-5-9-26-16/h5-6,9,13H,7-8,10-12H2,1-4H3,(H,20,23). The summed E-state index contributed by atoms with van der Waals surface area (Å²) in [5.41, 5.74) is 3.13. The summed E-state index contributed by atoms with van der Waals surface area (Å²) < 4.78 is 7.07. The van der Waals surface area contributed by atoms with E-state index < -0.39 is 0 Å². The maximum absolute atomic E-state index is 11.9. The first-order valence-electron chi connectivity index (χ1n) is 8.84. The quantitative estimate of drug-likeness (QED) is 0.682. The predicted octanol–water partition coefficient (Wildman–Crippen LogP) is 3.01. The zero-order chi connectivity index (χ0) is 19.1. The normalized spacial score (nSPS) is 11.0. The average Bonchev–Trinajstić information content (AvgIpc) is 3.18. The smallest absolute Gasteiger partial charge is 0.306 e. The van der Waals surface area contributed by atoms with E-state index in [2.05, 4.69) is 24.3 Å². The van der Waals surface area contributed by atoms with Crippen LogP contribution in [0.5, 0.6) is 0 Å². The Morgan fingerprint density at radius 1 is 1.35 bits per heavy atom. The Hall–Kier alpha value is -2.15. The maximum Gasteiger partial charge on any atom is 0.306 e. The number of nitrogens with one attached hydrogen (secondary N) is 1. The lowest BCUT2D eigenvalue weighted by Gasteiger charge is -2.08. The van der Waals surface area contributed by atoms with Crippen LogP contribution in [0, 0.1) is 19.8 Å². The average molecular weight is 378 g/mol. The van der Waals surface area contributed by atoms with Crippen molar-refractivity contribution >= 4 is 23.2 Å². The zero-order valence-electron chi connectivity index (χ0n) is 15.9. The number of thiophene rings is 1. The van der Waals surface area contributed by atoms with Gasteiger partial charge >= 0.3 is 5.97 Å². The number of rotatable bonds is 9. The fourth-order valence-electron chi connectivity index (χ4n) is 2.71. The second-order valence-electron chi connectivity index (χ2n) is 6.74. The number of aryl methyl sites for hydroxylation is 1. The maximum atomic E-state index is 11.9. The lowest BCUT2D eigenvalue weighted by molar-refractivity contribution is -0.148. The summed E-state index contributed by atoms with van der Waals surface area (Å²) in [6.45, 7) is 9.37. The van der Waals surface area contributed by atoms with Crippen LogP contribution in [0.1, 0.15) is 42.1 Å². The van der Waals surface area contributed by atoms with Gasteiger partial charge in [0.1, 0.15) is 0 Å². The number of nitrogens with zero attached hydrogens (tertiary/aromatic N) is 2. The van der Waals surface area contributed by atoms with Gasteiger partial charge < -0.3 is 10.1 Å². The van der Waals surface area contributed by atoms with Gasteiger partial charge in [-0.3, -0.25) is 14.3 Å². The third kappa shape index (κ3) is 5.98. The molecule has 6 nitrogen and oxygen atoms in total. The molecule has 26 heavy (non-hydrogen) atoms. The fourth-order valence-corrected chi connectivity index (χ4v) is 3.36. The van der Waals surface area contributed by atoms with E-state index in [1.165, 1.54) is 0 Å². The van der Waals surface area contributed by atoms with Crippen LogP contribution >= 0.6 is 11.3 Å². The van der Waals surface area contributed by atoms with Crippen LogP contribution in [0.3, 0.4) is 0 Å². The highest BCUT2D eigenvalue weighted by atomic mass is 32.1. The van der Waals surface area contributed by atoms with Crippen molar-refractivity contribution in [1.82, 2.24) is 15.1 Å². The van der Waals surface area contributed by atoms with Crippen LogP contribution in [0.15, 0.2) is 17.5 Å². The Morgan fingerprint density at radius 2 is 2.12 bits per heavy atom. The van der Waals surface area contributed by atoms with Crippen molar-refractivity contribution in [3.8, 4) is 0 Å². The molecule has 0 aliphatic carbocycles. The molecule has 1 N–H and O–H groups in total. The minimum absolute atomic E-state index is 0.241. The molecule has 0 fully saturated rings. The zero-order valence-corrected chi connectivity index (χ0v) is 16.7. The van der Waals surface area contributed by atoms with Crippen molar-refractivity contribution in [2.24, 2.45) is 5.92 Å². The van der Waals surface area contributed by atoms with E-state index in [0.29, 0.717) is 18.9 Å². The summed E-state index contributed by atoms with van der Waals surface area (Å²) in [5, 5.41) is 9.24. The molecule has 0 saturated heterocycles. The second kappa shape index (κ2) is 9.52. The van der Waals surface area contributed by atoms with E-state index in [1.807, 2.05) is 36.0 Å². The molecular weight excluding hydrogens is 350 g/mol. The van der Waals surface area contributed by atoms with Crippen molar-refractivity contribution in [3.63, 3.8) is 0 Å². The largest absolute Gasteiger partial charge is 0.456 e. The molecule has 2 heterocycles. The summed E-state index contributed by atoms with van der Waals surface area (Å²) in [5.74, 6) is -0.144. The van der Waals surface area contributed by atoms with Crippen LogP contribution in [0.2, 0.25) is 0 Å². The predicted molar refractivity (Wildman–Crippen MR) is 102 cm³/mol. The Balaban J connectivity index is 1.74. The molecular formula is C19H27N3O3S. The van der Waals surface area contributed by atoms with Gasteiger partial charge in [-0.05, 0) is 43.2 Å². The molecule has 2 rings (SSSR count). The number of ether oxygens (including phenoxy) is 1. The molecule has 0 aliphatic rings. The topological polar surface area (TPSA) is 73.2 Å². The van der Waals surface area contributed by atoms with Crippen LogP contribution in [0.4, 0.5) is 0 Å². The number of carbonyl (C=O) groups is 2. The Kier molecular flexibility index (Phi) is 7.38. The number of carbonyl (C=O) groups excluding carboxylic acids is 2. The van der Waals surface area contributed by atoms with Crippen LogP contribution in [-0.4, -0.2) is 28.3 Å². The molecule has 0 saturated carbocycles. The number of hydrogen-bond acceptors (Lipinski definition) is 5. The van der Waals surface area contributed by atoms with E-state index in [0.717, 1.165) is 28.4 Å². The SMILES string of the molecule is Cc1nn(CC(C)C)c(C)c1CCC(=O)OCC(=O)NCc1cccs1. The second-order valence-corrected chi connectivity index (χ2v) is 7.77. The molecule has 2 aromatic rings. The lowest BCUT2D eigenvalue weighted by atomic mass is 10.1. The summed E-state index contributed by atoms with van der Waals surface area (Å²) >= 11 is 1.57. The van der Waals surface area contributed by atoms with E-state index in [1.54, 1.807) is 11.3 Å². The molecule has 0 atom stereocenters. The molecule has 0 radical (unpaired) electrons. The summed E-state index contributed by atoms with van der Waals surface area (Å²) in [6, 6.07) is 3.88. The first-order chi connectivity index (χ1) is 12.4. The van der Waals surface area contributed by atoms with Gasteiger partial charge in [-0.1, -0.05) is 19.9 Å². The third-order valence-electron chi connectivity index (χ3n) is 4.05.